The number of alkyl halides is 1. The second kappa shape index (κ2) is 4.77. The Bertz CT molecular complexity index is 320. The highest BCUT2D eigenvalue weighted by molar-refractivity contribution is 6.18. The summed E-state index contributed by atoms with van der Waals surface area (Å²) in [6, 6.07) is 3.08. The van der Waals surface area contributed by atoms with E-state index in [1.165, 1.54) is 12.3 Å². The summed E-state index contributed by atoms with van der Waals surface area (Å²) in [5, 5.41) is 0. The van der Waals surface area contributed by atoms with Gasteiger partial charge in [-0.25, -0.2) is 9.37 Å². The van der Waals surface area contributed by atoms with Gasteiger partial charge in [0.25, 0.3) is 0 Å². The number of hydrogen-bond acceptors (Lipinski definition) is 3. The summed E-state index contributed by atoms with van der Waals surface area (Å²) >= 11 is 5.73. The molecule has 0 aromatic carbocycles. The molecule has 0 bridgehead atoms. The minimum absolute atomic E-state index is 0.0345. The molecular formula is C10H12ClFN2O. The summed E-state index contributed by atoms with van der Waals surface area (Å²) in [5.41, 5.74) is 0. The van der Waals surface area contributed by atoms with E-state index < -0.39 is 0 Å². The number of hydrogen-bond donors (Lipinski definition) is 0. The smallest absolute Gasteiger partial charge is 0.141 e. The summed E-state index contributed by atoms with van der Waals surface area (Å²) in [5.74, 6) is 0.924. The zero-order valence-electron chi connectivity index (χ0n) is 8.20. The number of morpholine rings is 1. The molecule has 0 amide bonds. The number of aromatic nitrogens is 1. The highest BCUT2D eigenvalue weighted by Gasteiger charge is 2.20. The molecule has 82 valence electrons. The van der Waals surface area contributed by atoms with Crippen LogP contribution in [0.2, 0.25) is 0 Å². The van der Waals surface area contributed by atoms with Crippen LogP contribution in [0.4, 0.5) is 10.2 Å². The van der Waals surface area contributed by atoms with Crippen molar-refractivity contribution in [3.63, 3.8) is 0 Å². The molecule has 2 heterocycles. The average molecular weight is 231 g/mol. The molecule has 1 aromatic heterocycles. The number of ether oxygens (including phenoxy) is 1. The van der Waals surface area contributed by atoms with Crippen molar-refractivity contribution >= 4 is 17.4 Å². The lowest BCUT2D eigenvalue weighted by Crippen LogP contribution is -2.43. The zero-order chi connectivity index (χ0) is 10.7. The van der Waals surface area contributed by atoms with Gasteiger partial charge in [0.2, 0.25) is 0 Å². The van der Waals surface area contributed by atoms with Crippen LogP contribution in [-0.4, -0.2) is 36.7 Å². The SMILES string of the molecule is Fc1ccc(N2CCOC(CCl)C2)nc1. The monoisotopic (exact) mass is 230 g/mol. The molecule has 1 saturated heterocycles. The number of rotatable bonds is 2. The lowest BCUT2D eigenvalue weighted by molar-refractivity contribution is 0.0551. The maximum Gasteiger partial charge on any atom is 0.141 e. The van der Waals surface area contributed by atoms with Crippen molar-refractivity contribution in [3.05, 3.63) is 24.1 Å². The second-order valence-corrected chi connectivity index (χ2v) is 3.74. The molecular weight excluding hydrogens is 219 g/mol. The van der Waals surface area contributed by atoms with E-state index >= 15 is 0 Å². The fraction of sp³-hybridized carbons (Fsp3) is 0.500. The predicted molar refractivity (Wildman–Crippen MR) is 56.9 cm³/mol. The average Bonchev–Trinajstić information content (AvgIpc) is 2.30. The molecule has 2 rings (SSSR count). The summed E-state index contributed by atoms with van der Waals surface area (Å²) in [6.07, 6.45) is 1.26. The largest absolute Gasteiger partial charge is 0.373 e. The molecule has 15 heavy (non-hydrogen) atoms. The lowest BCUT2D eigenvalue weighted by atomic mass is 10.3. The first kappa shape index (κ1) is 10.6. The highest BCUT2D eigenvalue weighted by Crippen LogP contribution is 2.15. The molecule has 3 nitrogen and oxygen atoms in total. The van der Waals surface area contributed by atoms with Gasteiger partial charge in [-0.15, -0.1) is 11.6 Å². The van der Waals surface area contributed by atoms with Crippen LogP contribution in [0.25, 0.3) is 0 Å². The van der Waals surface area contributed by atoms with E-state index in [2.05, 4.69) is 9.88 Å². The Hall–Kier alpha value is -0.870. The Morgan fingerprint density at radius 2 is 2.47 bits per heavy atom. The van der Waals surface area contributed by atoms with Gasteiger partial charge < -0.3 is 9.64 Å². The van der Waals surface area contributed by atoms with Crippen LogP contribution in [0.3, 0.4) is 0 Å². The van der Waals surface area contributed by atoms with E-state index in [9.17, 15) is 4.39 Å². The molecule has 1 aliphatic rings. The van der Waals surface area contributed by atoms with Crippen LogP contribution in [-0.2, 0) is 4.74 Å². The molecule has 1 aromatic rings. The summed E-state index contributed by atoms with van der Waals surface area (Å²) in [4.78, 5) is 6.07. The lowest BCUT2D eigenvalue weighted by Gasteiger charge is -2.32. The van der Waals surface area contributed by atoms with Gasteiger partial charge in [0.1, 0.15) is 11.6 Å². The Labute approximate surface area is 92.8 Å². The van der Waals surface area contributed by atoms with Gasteiger partial charge in [0, 0.05) is 13.1 Å². The van der Waals surface area contributed by atoms with Crippen molar-refractivity contribution in [3.8, 4) is 0 Å². The van der Waals surface area contributed by atoms with Gasteiger partial charge in [-0.05, 0) is 12.1 Å². The molecule has 1 atom stereocenters. The van der Waals surface area contributed by atoms with Crippen LogP contribution in [0.5, 0.6) is 0 Å². The molecule has 0 radical (unpaired) electrons. The van der Waals surface area contributed by atoms with Crippen molar-refractivity contribution in [1.82, 2.24) is 4.98 Å². The zero-order valence-corrected chi connectivity index (χ0v) is 8.95. The van der Waals surface area contributed by atoms with Crippen molar-refractivity contribution < 1.29 is 9.13 Å². The minimum atomic E-state index is -0.319. The number of pyridine rings is 1. The van der Waals surface area contributed by atoms with Gasteiger partial charge in [-0.3, -0.25) is 0 Å². The van der Waals surface area contributed by atoms with Crippen LogP contribution in [0.15, 0.2) is 18.3 Å². The van der Waals surface area contributed by atoms with Crippen LogP contribution >= 0.6 is 11.6 Å². The molecule has 0 spiro atoms. The van der Waals surface area contributed by atoms with Gasteiger partial charge in [0.15, 0.2) is 0 Å². The fourth-order valence-corrected chi connectivity index (χ4v) is 1.76. The van der Waals surface area contributed by atoms with Gasteiger partial charge in [0.05, 0.1) is 24.8 Å². The van der Waals surface area contributed by atoms with E-state index in [0.717, 1.165) is 12.4 Å². The van der Waals surface area contributed by atoms with Gasteiger partial charge >= 0.3 is 0 Å². The summed E-state index contributed by atoms with van der Waals surface area (Å²) in [7, 11) is 0. The molecule has 1 unspecified atom stereocenters. The first-order valence-corrected chi connectivity index (χ1v) is 5.37. The number of halogens is 2. The Balaban J connectivity index is 2.06. The van der Waals surface area contributed by atoms with E-state index in [0.29, 0.717) is 19.0 Å². The second-order valence-electron chi connectivity index (χ2n) is 3.43. The third-order valence-electron chi connectivity index (χ3n) is 2.35. The molecule has 1 fully saturated rings. The first-order chi connectivity index (χ1) is 7.29. The maximum absolute atomic E-state index is 12.7. The van der Waals surface area contributed by atoms with E-state index in [1.807, 2.05) is 0 Å². The van der Waals surface area contributed by atoms with Crippen molar-refractivity contribution in [2.24, 2.45) is 0 Å². The van der Waals surface area contributed by atoms with Crippen LogP contribution in [0, 0.1) is 5.82 Å². The molecule has 0 aliphatic carbocycles. The Morgan fingerprint density at radius 3 is 3.13 bits per heavy atom. The fourth-order valence-electron chi connectivity index (χ4n) is 1.58. The summed E-state index contributed by atoms with van der Waals surface area (Å²) in [6.45, 7) is 2.12. The van der Waals surface area contributed by atoms with E-state index in [-0.39, 0.29) is 11.9 Å². The van der Waals surface area contributed by atoms with Crippen molar-refractivity contribution in [1.29, 1.82) is 0 Å². The summed E-state index contributed by atoms with van der Waals surface area (Å²) < 4.78 is 18.1. The predicted octanol–water partition coefficient (Wildman–Crippen LogP) is 1.66. The van der Waals surface area contributed by atoms with Crippen LogP contribution < -0.4 is 4.90 Å². The third-order valence-corrected chi connectivity index (χ3v) is 2.69. The number of anilines is 1. The van der Waals surface area contributed by atoms with Gasteiger partial charge in [-0.2, -0.15) is 0 Å². The Kier molecular flexibility index (Phi) is 3.38. The molecule has 5 heteroatoms. The molecule has 1 aliphatic heterocycles. The topological polar surface area (TPSA) is 25.4 Å². The van der Waals surface area contributed by atoms with E-state index in [4.69, 9.17) is 16.3 Å². The minimum Gasteiger partial charge on any atom is -0.373 e. The Morgan fingerprint density at radius 1 is 1.60 bits per heavy atom. The van der Waals surface area contributed by atoms with E-state index in [1.54, 1.807) is 6.07 Å². The molecule has 0 saturated carbocycles. The van der Waals surface area contributed by atoms with Crippen molar-refractivity contribution in [2.75, 3.05) is 30.5 Å². The normalized spacial score (nSPS) is 21.7. The number of nitrogens with zero attached hydrogens (tertiary/aromatic N) is 2. The van der Waals surface area contributed by atoms with Crippen LogP contribution in [0.1, 0.15) is 0 Å². The van der Waals surface area contributed by atoms with Crippen molar-refractivity contribution in [2.45, 2.75) is 6.10 Å². The first-order valence-electron chi connectivity index (χ1n) is 4.83. The molecule has 0 N–H and O–H groups in total. The maximum atomic E-state index is 12.7. The standard InChI is InChI=1S/C10H12ClFN2O/c11-5-9-7-14(3-4-15-9)10-2-1-8(12)6-13-10/h1-2,6,9H,3-5,7H2. The third kappa shape index (κ3) is 2.58. The highest BCUT2D eigenvalue weighted by atomic mass is 35.5. The van der Waals surface area contributed by atoms with Gasteiger partial charge in [-0.1, -0.05) is 0 Å². The quantitative estimate of drug-likeness (QED) is 0.723.